The van der Waals surface area contributed by atoms with E-state index in [0.717, 1.165) is 4.90 Å². The second-order valence-electron chi connectivity index (χ2n) is 5.39. The fraction of sp³-hybridized carbons (Fsp3) is 0.533. The summed E-state index contributed by atoms with van der Waals surface area (Å²) in [6.45, 7) is 10.1. The van der Waals surface area contributed by atoms with Crippen LogP contribution in [0.2, 0.25) is 0 Å². The predicted molar refractivity (Wildman–Crippen MR) is 76.6 cm³/mol. The first-order valence-electron chi connectivity index (χ1n) is 6.80. The van der Waals surface area contributed by atoms with Crippen molar-refractivity contribution >= 4 is 17.7 Å². The topological polar surface area (TPSA) is 66.5 Å². The van der Waals surface area contributed by atoms with E-state index in [2.05, 4.69) is 11.9 Å². The van der Waals surface area contributed by atoms with Crippen molar-refractivity contribution in [3.63, 3.8) is 0 Å². The number of hydrogen-bond acceptors (Lipinski definition) is 3. The molecule has 1 saturated heterocycles. The lowest BCUT2D eigenvalue weighted by Gasteiger charge is -2.12. The van der Waals surface area contributed by atoms with E-state index in [4.69, 9.17) is 0 Å². The van der Waals surface area contributed by atoms with Gasteiger partial charge in [-0.2, -0.15) is 0 Å². The van der Waals surface area contributed by atoms with Crippen molar-refractivity contribution in [3.05, 3.63) is 24.3 Å². The monoisotopic (exact) mass is 278 g/mol. The molecule has 0 spiro atoms. The van der Waals surface area contributed by atoms with Crippen molar-refractivity contribution in [2.75, 3.05) is 13.1 Å². The van der Waals surface area contributed by atoms with Gasteiger partial charge >= 0.3 is 0 Å². The third-order valence-electron chi connectivity index (χ3n) is 3.02. The van der Waals surface area contributed by atoms with Crippen LogP contribution in [0.15, 0.2) is 24.3 Å². The van der Waals surface area contributed by atoms with Gasteiger partial charge in [-0.05, 0) is 5.92 Å². The molecule has 0 aromatic rings. The summed E-state index contributed by atoms with van der Waals surface area (Å²) in [5.41, 5.74) is 0.393. The summed E-state index contributed by atoms with van der Waals surface area (Å²) in [4.78, 5) is 36.7. The van der Waals surface area contributed by atoms with Crippen molar-refractivity contribution in [1.29, 1.82) is 0 Å². The van der Waals surface area contributed by atoms with E-state index in [1.165, 1.54) is 6.08 Å². The first kappa shape index (κ1) is 16.1. The molecule has 1 aliphatic heterocycles. The highest BCUT2D eigenvalue weighted by atomic mass is 16.2. The number of carbonyl (C=O) groups is 3. The Hall–Kier alpha value is -1.91. The summed E-state index contributed by atoms with van der Waals surface area (Å²) in [6, 6.07) is 0. The van der Waals surface area contributed by atoms with Gasteiger partial charge in [0.25, 0.3) is 5.91 Å². The molecule has 5 nitrogen and oxygen atoms in total. The minimum absolute atomic E-state index is 0.0640. The van der Waals surface area contributed by atoms with E-state index in [1.807, 2.05) is 13.8 Å². The van der Waals surface area contributed by atoms with Crippen LogP contribution in [0.4, 0.5) is 0 Å². The Morgan fingerprint density at radius 2 is 2.05 bits per heavy atom. The zero-order valence-corrected chi connectivity index (χ0v) is 12.3. The largest absolute Gasteiger partial charge is 0.355 e. The summed E-state index contributed by atoms with van der Waals surface area (Å²) in [6.07, 6.45) is 3.16. The van der Waals surface area contributed by atoms with Crippen molar-refractivity contribution in [2.45, 2.75) is 27.2 Å². The summed E-state index contributed by atoms with van der Waals surface area (Å²) in [7, 11) is 0. The molecule has 3 amide bonds. The molecule has 1 atom stereocenters. The lowest BCUT2D eigenvalue weighted by atomic mass is 10.1. The van der Waals surface area contributed by atoms with Crippen LogP contribution >= 0.6 is 0 Å². The van der Waals surface area contributed by atoms with E-state index in [0.29, 0.717) is 18.0 Å². The quantitative estimate of drug-likeness (QED) is 0.452. The molecule has 1 N–H and O–H groups in total. The van der Waals surface area contributed by atoms with Crippen LogP contribution in [0.5, 0.6) is 0 Å². The number of imide groups is 1. The molecule has 20 heavy (non-hydrogen) atoms. The molecule has 1 rings (SSSR count). The highest BCUT2D eigenvalue weighted by molar-refractivity contribution is 6.13. The number of carbonyl (C=O) groups excluding carboxylic acids is 3. The smallest absolute Gasteiger partial charge is 0.256 e. The molecule has 0 radical (unpaired) electrons. The average molecular weight is 278 g/mol. The van der Waals surface area contributed by atoms with Gasteiger partial charge in [-0.3, -0.25) is 19.3 Å². The number of amides is 3. The van der Waals surface area contributed by atoms with E-state index in [-0.39, 0.29) is 30.7 Å². The Kier molecular flexibility index (Phi) is 5.67. The molecule has 0 aromatic heterocycles. The molecule has 1 unspecified atom stereocenters. The predicted octanol–water partition coefficient (Wildman–Crippen LogP) is 1.27. The Morgan fingerprint density at radius 3 is 2.60 bits per heavy atom. The average Bonchev–Trinajstić information content (AvgIpc) is 2.64. The van der Waals surface area contributed by atoms with Gasteiger partial charge in [0, 0.05) is 18.7 Å². The maximum Gasteiger partial charge on any atom is 0.256 e. The van der Waals surface area contributed by atoms with Crippen molar-refractivity contribution in [2.24, 2.45) is 11.8 Å². The molecule has 0 bridgehead atoms. The summed E-state index contributed by atoms with van der Waals surface area (Å²) in [5.74, 6) is -0.747. The molecule has 110 valence electrons. The van der Waals surface area contributed by atoms with Crippen molar-refractivity contribution in [3.8, 4) is 0 Å². The van der Waals surface area contributed by atoms with Gasteiger partial charge < -0.3 is 5.32 Å². The van der Waals surface area contributed by atoms with Crippen molar-refractivity contribution < 1.29 is 14.4 Å². The third kappa shape index (κ3) is 4.05. The fourth-order valence-corrected chi connectivity index (χ4v) is 1.91. The van der Waals surface area contributed by atoms with Gasteiger partial charge in [-0.1, -0.05) is 32.9 Å². The maximum absolute atomic E-state index is 12.0. The van der Waals surface area contributed by atoms with Crippen molar-refractivity contribution in [1.82, 2.24) is 10.2 Å². The van der Waals surface area contributed by atoms with E-state index in [9.17, 15) is 14.4 Å². The van der Waals surface area contributed by atoms with Gasteiger partial charge in [0.2, 0.25) is 11.8 Å². The lowest BCUT2D eigenvalue weighted by Crippen LogP contribution is -2.32. The Bertz CT molecular complexity index is 452. The van der Waals surface area contributed by atoms with Gasteiger partial charge in [0.15, 0.2) is 0 Å². The second kappa shape index (κ2) is 7.03. The number of rotatable bonds is 6. The molecule has 1 heterocycles. The lowest BCUT2D eigenvalue weighted by molar-refractivity contribution is -0.136. The number of nitrogens with zero attached hydrogens (tertiary/aromatic N) is 1. The summed E-state index contributed by atoms with van der Waals surface area (Å²) >= 11 is 0. The van der Waals surface area contributed by atoms with Crippen LogP contribution in [0.3, 0.4) is 0 Å². The van der Waals surface area contributed by atoms with Crippen LogP contribution in [-0.4, -0.2) is 35.7 Å². The maximum atomic E-state index is 12.0. The van der Waals surface area contributed by atoms with Gasteiger partial charge in [0.1, 0.15) is 0 Å². The molecule has 1 aliphatic rings. The molecule has 1 fully saturated rings. The highest BCUT2D eigenvalue weighted by Gasteiger charge is 2.33. The zero-order valence-electron chi connectivity index (χ0n) is 12.3. The summed E-state index contributed by atoms with van der Waals surface area (Å²) < 4.78 is 0. The highest BCUT2D eigenvalue weighted by Crippen LogP contribution is 2.20. The normalized spacial score (nSPS) is 18.8. The van der Waals surface area contributed by atoms with Gasteiger partial charge in [-0.25, -0.2) is 0 Å². The fourth-order valence-electron chi connectivity index (χ4n) is 1.91. The van der Waals surface area contributed by atoms with Crippen LogP contribution in [-0.2, 0) is 14.4 Å². The second-order valence-corrected chi connectivity index (χ2v) is 5.39. The van der Waals surface area contributed by atoms with Crippen LogP contribution in [0, 0.1) is 11.8 Å². The molecule has 0 saturated carbocycles. The number of nitrogens with one attached hydrogen (secondary N) is 1. The molecular formula is C15H22N2O3. The minimum atomic E-state index is -0.427. The van der Waals surface area contributed by atoms with Crippen LogP contribution in [0.25, 0.3) is 0 Å². The van der Waals surface area contributed by atoms with E-state index in [1.54, 1.807) is 13.0 Å². The zero-order chi connectivity index (χ0) is 15.3. The van der Waals surface area contributed by atoms with E-state index < -0.39 is 5.92 Å². The number of hydrogen-bond donors (Lipinski definition) is 1. The Balaban J connectivity index is 2.70. The molecule has 0 aliphatic carbocycles. The Labute approximate surface area is 119 Å². The SMILES string of the molecule is C=CCN1C(=O)C/C(=C\C(C)C(=O)NCC(C)C)C1=O. The van der Waals surface area contributed by atoms with Gasteiger partial charge in [0.05, 0.1) is 12.3 Å². The third-order valence-corrected chi connectivity index (χ3v) is 3.02. The first-order chi connectivity index (χ1) is 9.36. The van der Waals surface area contributed by atoms with Crippen LogP contribution < -0.4 is 5.32 Å². The number of likely N-dealkylation sites (tertiary alicyclic amines) is 1. The standard InChI is InChI=1S/C15H22N2O3/c1-5-6-17-13(18)8-12(15(17)20)7-11(4)14(19)16-9-10(2)3/h5,7,10-11H,1,6,8-9H2,2-4H3,(H,16,19)/b12-7+. The molecule has 5 heteroatoms. The minimum Gasteiger partial charge on any atom is -0.355 e. The Morgan fingerprint density at radius 1 is 1.40 bits per heavy atom. The van der Waals surface area contributed by atoms with E-state index >= 15 is 0 Å². The summed E-state index contributed by atoms with van der Waals surface area (Å²) in [5, 5.41) is 2.81. The first-order valence-corrected chi connectivity index (χ1v) is 6.80. The molecule has 0 aromatic carbocycles. The molecular weight excluding hydrogens is 256 g/mol. The van der Waals surface area contributed by atoms with Crippen LogP contribution in [0.1, 0.15) is 27.2 Å². The van der Waals surface area contributed by atoms with Gasteiger partial charge in [-0.15, -0.1) is 6.58 Å².